The van der Waals surface area contributed by atoms with Gasteiger partial charge in [0.05, 0.1) is 12.0 Å². The first-order chi connectivity index (χ1) is 7.13. The van der Waals surface area contributed by atoms with Crippen LogP contribution in [-0.4, -0.2) is 35.3 Å². The molecule has 0 saturated heterocycles. The molecule has 0 aliphatic heterocycles. The van der Waals surface area contributed by atoms with Crippen LogP contribution < -0.4 is 10.1 Å². The van der Waals surface area contributed by atoms with Crippen LogP contribution in [0, 0.1) is 10.1 Å². The van der Waals surface area contributed by atoms with Crippen LogP contribution in [0.2, 0.25) is 0 Å². The summed E-state index contributed by atoms with van der Waals surface area (Å²) in [6.07, 6.45) is 1.78. The molecule has 1 aromatic rings. The first kappa shape index (κ1) is 11.5. The molecule has 0 unspecified atom stereocenters. The molecule has 82 valence electrons. The van der Waals surface area contributed by atoms with Gasteiger partial charge in [-0.25, -0.2) is 0 Å². The summed E-state index contributed by atoms with van der Waals surface area (Å²) in [5, 5.41) is 13.8. The summed E-state index contributed by atoms with van der Waals surface area (Å²) >= 11 is 1.28. The minimum absolute atomic E-state index is 0.0382. The van der Waals surface area contributed by atoms with Gasteiger partial charge in [0.2, 0.25) is 5.82 Å². The molecule has 0 aromatic carbocycles. The third-order valence-electron chi connectivity index (χ3n) is 1.63. The highest BCUT2D eigenvalue weighted by molar-refractivity contribution is 7.98. The Labute approximate surface area is 90.4 Å². The molecule has 1 heterocycles. The second-order valence-corrected chi connectivity index (χ2v) is 3.20. The lowest BCUT2D eigenvalue weighted by molar-refractivity contribution is -0.385. The molecule has 7 nitrogen and oxygen atoms in total. The number of ether oxygens (including phenoxy) is 1. The fraction of sp³-hybridized carbons (Fsp3) is 0.429. The van der Waals surface area contributed by atoms with Gasteiger partial charge >= 0.3 is 11.6 Å². The van der Waals surface area contributed by atoms with E-state index in [4.69, 9.17) is 4.74 Å². The Bertz CT molecular complexity index is 359. The average molecular weight is 230 g/mol. The molecule has 0 spiro atoms. The van der Waals surface area contributed by atoms with E-state index in [1.54, 1.807) is 13.3 Å². The number of aromatic nitrogens is 2. The molecule has 0 aliphatic carbocycles. The third-order valence-corrected chi connectivity index (χ3v) is 2.17. The Hall–Kier alpha value is -1.57. The summed E-state index contributed by atoms with van der Waals surface area (Å²) in [5.74, 6) is 0.111. The Morgan fingerprint density at radius 3 is 2.60 bits per heavy atom. The molecule has 8 heteroatoms. The summed E-state index contributed by atoms with van der Waals surface area (Å²) < 4.78 is 4.85. The van der Waals surface area contributed by atoms with Crippen molar-refractivity contribution in [2.75, 3.05) is 25.7 Å². The SMILES string of the molecule is CNc1nc(SC)nc(OC)c1[N+](=O)[O-]. The second kappa shape index (κ2) is 4.78. The number of rotatable bonds is 4. The zero-order valence-electron chi connectivity index (χ0n) is 8.47. The molecule has 1 N–H and O–H groups in total. The van der Waals surface area contributed by atoms with Gasteiger partial charge in [0.25, 0.3) is 0 Å². The van der Waals surface area contributed by atoms with Gasteiger partial charge in [-0.2, -0.15) is 9.97 Å². The van der Waals surface area contributed by atoms with Crippen LogP contribution >= 0.6 is 11.8 Å². The zero-order valence-corrected chi connectivity index (χ0v) is 9.29. The van der Waals surface area contributed by atoms with Crippen LogP contribution in [0.4, 0.5) is 11.5 Å². The predicted molar refractivity (Wildman–Crippen MR) is 56.6 cm³/mol. The van der Waals surface area contributed by atoms with Gasteiger partial charge in [-0.05, 0) is 6.26 Å². The number of nitrogens with zero attached hydrogens (tertiary/aromatic N) is 3. The summed E-state index contributed by atoms with van der Waals surface area (Å²) in [6.45, 7) is 0. The van der Waals surface area contributed by atoms with Crippen LogP contribution in [-0.2, 0) is 0 Å². The van der Waals surface area contributed by atoms with Crippen molar-refractivity contribution in [2.24, 2.45) is 0 Å². The van der Waals surface area contributed by atoms with Crippen LogP contribution in [0.1, 0.15) is 0 Å². The highest BCUT2D eigenvalue weighted by atomic mass is 32.2. The maximum atomic E-state index is 10.8. The fourth-order valence-electron chi connectivity index (χ4n) is 0.987. The number of nitro groups is 1. The molecule has 0 saturated carbocycles. The molecule has 15 heavy (non-hydrogen) atoms. The minimum Gasteiger partial charge on any atom is -0.476 e. The van der Waals surface area contributed by atoms with Crippen LogP contribution in [0.15, 0.2) is 5.16 Å². The van der Waals surface area contributed by atoms with Crippen molar-refractivity contribution in [3.8, 4) is 5.88 Å². The lowest BCUT2D eigenvalue weighted by Crippen LogP contribution is -2.05. The van der Waals surface area contributed by atoms with E-state index < -0.39 is 4.92 Å². The summed E-state index contributed by atoms with van der Waals surface area (Å²) in [6, 6.07) is 0. The van der Waals surface area contributed by atoms with E-state index in [1.165, 1.54) is 18.9 Å². The van der Waals surface area contributed by atoms with Crippen molar-refractivity contribution in [1.82, 2.24) is 9.97 Å². The van der Waals surface area contributed by atoms with Crippen molar-refractivity contribution in [1.29, 1.82) is 0 Å². The number of methoxy groups -OCH3 is 1. The van der Waals surface area contributed by atoms with Crippen molar-refractivity contribution in [3.63, 3.8) is 0 Å². The van der Waals surface area contributed by atoms with Gasteiger partial charge in [0.1, 0.15) is 0 Å². The van der Waals surface area contributed by atoms with Gasteiger partial charge in [-0.3, -0.25) is 10.1 Å². The predicted octanol–water partition coefficient (Wildman–Crippen LogP) is 1.16. The Kier molecular flexibility index (Phi) is 3.67. The largest absolute Gasteiger partial charge is 0.476 e. The van der Waals surface area contributed by atoms with Gasteiger partial charge in [0.15, 0.2) is 5.16 Å². The number of anilines is 1. The van der Waals surface area contributed by atoms with E-state index in [0.29, 0.717) is 5.16 Å². The van der Waals surface area contributed by atoms with Gasteiger partial charge in [-0.15, -0.1) is 0 Å². The van der Waals surface area contributed by atoms with E-state index in [-0.39, 0.29) is 17.4 Å². The van der Waals surface area contributed by atoms with Crippen molar-refractivity contribution < 1.29 is 9.66 Å². The van der Waals surface area contributed by atoms with Crippen LogP contribution in [0.5, 0.6) is 5.88 Å². The maximum Gasteiger partial charge on any atom is 0.372 e. The number of nitrogens with one attached hydrogen (secondary N) is 1. The van der Waals surface area contributed by atoms with E-state index in [9.17, 15) is 10.1 Å². The monoisotopic (exact) mass is 230 g/mol. The number of hydrogen-bond donors (Lipinski definition) is 1. The molecule has 0 bridgehead atoms. The van der Waals surface area contributed by atoms with Gasteiger partial charge < -0.3 is 10.1 Å². The maximum absolute atomic E-state index is 10.8. The number of hydrogen-bond acceptors (Lipinski definition) is 7. The van der Waals surface area contributed by atoms with Crippen molar-refractivity contribution in [2.45, 2.75) is 5.16 Å². The van der Waals surface area contributed by atoms with Crippen molar-refractivity contribution in [3.05, 3.63) is 10.1 Å². The minimum atomic E-state index is -0.575. The number of thioether (sulfide) groups is 1. The fourth-order valence-corrected chi connectivity index (χ4v) is 1.34. The summed E-state index contributed by atoms with van der Waals surface area (Å²) in [4.78, 5) is 18.0. The first-order valence-corrected chi connectivity index (χ1v) is 5.18. The zero-order chi connectivity index (χ0) is 11.4. The molecular formula is C7H10N4O3S. The first-order valence-electron chi connectivity index (χ1n) is 3.96. The van der Waals surface area contributed by atoms with Crippen molar-refractivity contribution >= 4 is 23.3 Å². The lowest BCUT2D eigenvalue weighted by Gasteiger charge is -2.06. The lowest BCUT2D eigenvalue weighted by atomic mass is 10.4. The topological polar surface area (TPSA) is 90.2 Å². The molecule has 0 amide bonds. The Balaban J connectivity index is 3.39. The molecule has 1 rings (SSSR count). The second-order valence-electron chi connectivity index (χ2n) is 2.42. The molecule has 0 radical (unpaired) electrons. The molecule has 0 aliphatic rings. The van der Waals surface area contributed by atoms with Crippen LogP contribution in [0.25, 0.3) is 0 Å². The quantitative estimate of drug-likeness (QED) is 0.359. The standard InChI is InChI=1S/C7H10N4O3S/c1-8-5-4(11(12)13)6(14-2)10-7(9-5)15-3/h1-3H3,(H,8,9,10). The third kappa shape index (κ3) is 2.27. The molecule has 1 aromatic heterocycles. The van der Waals surface area contributed by atoms with E-state index >= 15 is 0 Å². The van der Waals surface area contributed by atoms with E-state index in [0.717, 1.165) is 0 Å². The van der Waals surface area contributed by atoms with Gasteiger partial charge in [-0.1, -0.05) is 11.8 Å². The molecule has 0 atom stereocenters. The average Bonchev–Trinajstić information content (AvgIpc) is 2.26. The summed E-state index contributed by atoms with van der Waals surface area (Å²) in [5.41, 5.74) is -0.252. The molecular weight excluding hydrogens is 220 g/mol. The Morgan fingerprint density at radius 1 is 1.53 bits per heavy atom. The summed E-state index contributed by atoms with van der Waals surface area (Å²) in [7, 11) is 2.89. The normalized spacial score (nSPS) is 9.80. The highest BCUT2D eigenvalue weighted by Gasteiger charge is 2.24. The van der Waals surface area contributed by atoms with E-state index in [1.807, 2.05) is 0 Å². The smallest absolute Gasteiger partial charge is 0.372 e. The molecule has 0 fully saturated rings. The highest BCUT2D eigenvalue weighted by Crippen LogP contribution is 2.32. The van der Waals surface area contributed by atoms with Gasteiger partial charge in [0, 0.05) is 7.05 Å². The van der Waals surface area contributed by atoms with E-state index in [2.05, 4.69) is 15.3 Å². The van der Waals surface area contributed by atoms with Crippen LogP contribution in [0.3, 0.4) is 0 Å². The Morgan fingerprint density at radius 2 is 2.20 bits per heavy atom.